The van der Waals surface area contributed by atoms with E-state index >= 15 is 0 Å². The molecular formula is C21H28N2O6Si. The van der Waals surface area contributed by atoms with Gasteiger partial charge < -0.3 is 14.4 Å². The number of hydrogen-bond donors (Lipinski definition) is 0. The van der Waals surface area contributed by atoms with E-state index in [4.69, 9.17) is 9.47 Å². The molecule has 162 valence electrons. The number of carbonyl (C=O) groups excluding carboxylic acids is 4. The maximum Gasteiger partial charge on any atom is 0.258 e. The van der Waals surface area contributed by atoms with E-state index < -0.39 is 20.0 Å². The van der Waals surface area contributed by atoms with Crippen LogP contribution in [0, 0.1) is 0 Å². The van der Waals surface area contributed by atoms with Crippen LogP contribution in [0.1, 0.15) is 39.1 Å². The average Bonchev–Trinajstić information content (AvgIpc) is 3.02. The highest BCUT2D eigenvalue weighted by Crippen LogP contribution is 2.36. The number of imide groups is 1. The van der Waals surface area contributed by atoms with Crippen LogP contribution in [-0.4, -0.2) is 68.4 Å². The second-order valence-corrected chi connectivity index (χ2v) is 14.5. The second kappa shape index (κ2) is 8.69. The first-order chi connectivity index (χ1) is 14.2. The first-order valence-electron chi connectivity index (χ1n) is 10.1. The average molecular weight is 433 g/mol. The summed E-state index contributed by atoms with van der Waals surface area (Å²) >= 11 is 0. The van der Waals surface area contributed by atoms with Gasteiger partial charge in [-0.2, -0.15) is 0 Å². The molecule has 1 saturated heterocycles. The molecule has 30 heavy (non-hydrogen) atoms. The summed E-state index contributed by atoms with van der Waals surface area (Å²) in [6, 6.07) is 3.50. The van der Waals surface area contributed by atoms with Crippen molar-refractivity contribution < 1.29 is 28.7 Å². The van der Waals surface area contributed by atoms with Gasteiger partial charge in [0.15, 0.2) is 6.29 Å². The zero-order chi connectivity index (χ0) is 22.1. The molecule has 0 aromatic heterocycles. The van der Waals surface area contributed by atoms with Crippen LogP contribution >= 0.6 is 0 Å². The Bertz CT molecular complexity index is 879. The maximum atomic E-state index is 13.1. The largest absolute Gasteiger partial charge is 0.495 e. The molecule has 3 rings (SSSR count). The number of amides is 3. The molecule has 9 heteroatoms. The van der Waals surface area contributed by atoms with Crippen LogP contribution in [0.15, 0.2) is 12.1 Å². The first kappa shape index (κ1) is 22.2. The molecule has 1 atom stereocenters. The van der Waals surface area contributed by atoms with Crippen molar-refractivity contribution in [3.63, 3.8) is 0 Å². The number of ether oxygens (including phenoxy) is 2. The summed E-state index contributed by atoms with van der Waals surface area (Å²) in [5.41, 5.74) is 1.30. The lowest BCUT2D eigenvalue weighted by Crippen LogP contribution is -2.55. The van der Waals surface area contributed by atoms with E-state index in [-0.39, 0.29) is 49.2 Å². The highest BCUT2D eigenvalue weighted by molar-refractivity contribution is 6.76. The minimum Gasteiger partial charge on any atom is -0.495 e. The summed E-state index contributed by atoms with van der Waals surface area (Å²) < 4.78 is 10.9. The number of piperidine rings is 1. The van der Waals surface area contributed by atoms with Gasteiger partial charge in [-0.05, 0) is 24.1 Å². The van der Waals surface area contributed by atoms with Crippen LogP contribution in [0.5, 0.6) is 5.75 Å². The van der Waals surface area contributed by atoms with E-state index in [1.807, 2.05) is 0 Å². The van der Waals surface area contributed by atoms with Gasteiger partial charge in [-0.3, -0.25) is 24.1 Å². The van der Waals surface area contributed by atoms with Gasteiger partial charge in [-0.1, -0.05) is 25.7 Å². The van der Waals surface area contributed by atoms with Crippen molar-refractivity contribution in [3.8, 4) is 5.75 Å². The van der Waals surface area contributed by atoms with Crippen molar-refractivity contribution in [2.75, 3.05) is 20.4 Å². The molecule has 0 saturated carbocycles. The monoisotopic (exact) mass is 432 g/mol. The fourth-order valence-corrected chi connectivity index (χ4v) is 4.51. The van der Waals surface area contributed by atoms with Gasteiger partial charge in [0.1, 0.15) is 18.5 Å². The summed E-state index contributed by atoms with van der Waals surface area (Å²) in [5, 5.41) is 0. The fourth-order valence-electron chi connectivity index (χ4n) is 3.75. The van der Waals surface area contributed by atoms with E-state index in [1.165, 1.54) is 12.0 Å². The van der Waals surface area contributed by atoms with E-state index in [0.717, 1.165) is 10.9 Å². The molecule has 0 N–H and O–H groups in total. The number of methoxy groups -OCH3 is 1. The Morgan fingerprint density at radius 2 is 1.93 bits per heavy atom. The molecule has 2 heterocycles. The molecular weight excluding hydrogens is 404 g/mol. The number of nitrogens with zero attached hydrogens (tertiary/aromatic N) is 2. The molecule has 0 spiro atoms. The van der Waals surface area contributed by atoms with Crippen molar-refractivity contribution in [2.45, 2.75) is 51.1 Å². The van der Waals surface area contributed by atoms with Gasteiger partial charge in [0.25, 0.3) is 11.8 Å². The smallest absolute Gasteiger partial charge is 0.258 e. The number of fused-ring (bicyclic) bond motifs is 1. The number of carbonyl (C=O) groups is 4. The Hall–Kier alpha value is -2.52. The van der Waals surface area contributed by atoms with E-state index in [9.17, 15) is 19.2 Å². The van der Waals surface area contributed by atoms with Gasteiger partial charge >= 0.3 is 0 Å². The normalized spacial score (nSPS) is 19.3. The number of rotatable bonds is 8. The summed E-state index contributed by atoms with van der Waals surface area (Å²) in [6.45, 7) is 7.32. The zero-order valence-corrected chi connectivity index (χ0v) is 18.9. The predicted octanol–water partition coefficient (Wildman–Crippen LogP) is 2.29. The Morgan fingerprint density at radius 3 is 2.57 bits per heavy atom. The van der Waals surface area contributed by atoms with Gasteiger partial charge in [0.2, 0.25) is 5.91 Å². The first-order valence-corrected chi connectivity index (χ1v) is 13.8. The third kappa shape index (κ3) is 4.31. The molecule has 8 nitrogen and oxygen atoms in total. The molecule has 3 amide bonds. The highest BCUT2D eigenvalue weighted by Gasteiger charge is 2.44. The third-order valence-corrected chi connectivity index (χ3v) is 7.20. The van der Waals surface area contributed by atoms with Crippen LogP contribution in [0.2, 0.25) is 25.7 Å². The molecule has 0 radical (unpaired) electrons. The number of hydrogen-bond acceptors (Lipinski definition) is 6. The topological polar surface area (TPSA) is 93.2 Å². The Balaban J connectivity index is 1.74. The third-order valence-electron chi connectivity index (χ3n) is 5.50. The van der Waals surface area contributed by atoms with Crippen LogP contribution in [-0.2, 0) is 20.9 Å². The van der Waals surface area contributed by atoms with E-state index in [2.05, 4.69) is 19.6 Å². The summed E-state index contributed by atoms with van der Waals surface area (Å²) in [4.78, 5) is 52.3. The molecule has 0 aliphatic carbocycles. The van der Waals surface area contributed by atoms with Gasteiger partial charge in [-0.15, -0.1) is 0 Å². The highest BCUT2D eigenvalue weighted by atomic mass is 28.3. The SMILES string of the molecule is COc1c(C=O)ccc2c1C(=O)N(C1CCC(=O)N(COCC[Si](C)(C)C)C1=O)C2. The van der Waals surface area contributed by atoms with Crippen molar-refractivity contribution in [1.82, 2.24) is 9.80 Å². The summed E-state index contributed by atoms with van der Waals surface area (Å²) in [7, 11) is 0.127. The number of aldehydes is 1. The summed E-state index contributed by atoms with van der Waals surface area (Å²) in [5.74, 6) is -0.844. The van der Waals surface area contributed by atoms with Gasteiger partial charge in [0, 0.05) is 27.6 Å². The molecule has 2 aliphatic heterocycles. The standard InChI is InChI=1S/C21H28N2O6Si/c1-28-19-15(12-24)6-5-14-11-22(21(27)18(14)19)16-7-8-17(25)23(20(16)26)13-29-9-10-30(2,3)4/h5-6,12,16H,7-11,13H2,1-4H3. The van der Waals surface area contributed by atoms with E-state index in [0.29, 0.717) is 24.0 Å². The second-order valence-electron chi connectivity index (χ2n) is 8.84. The van der Waals surface area contributed by atoms with E-state index in [1.54, 1.807) is 12.1 Å². The Morgan fingerprint density at radius 1 is 1.20 bits per heavy atom. The Kier molecular flexibility index (Phi) is 6.42. The van der Waals surface area contributed by atoms with Crippen LogP contribution in [0.3, 0.4) is 0 Å². The van der Waals surface area contributed by atoms with Crippen LogP contribution in [0.4, 0.5) is 0 Å². The maximum absolute atomic E-state index is 13.1. The van der Waals surface area contributed by atoms with Crippen molar-refractivity contribution in [1.29, 1.82) is 0 Å². The molecule has 1 aromatic carbocycles. The number of benzene rings is 1. The zero-order valence-electron chi connectivity index (χ0n) is 17.9. The molecule has 1 aromatic rings. The molecule has 1 fully saturated rings. The minimum absolute atomic E-state index is 0.0910. The lowest BCUT2D eigenvalue weighted by atomic mass is 10.0. The summed E-state index contributed by atoms with van der Waals surface area (Å²) in [6.07, 6.45) is 1.08. The lowest BCUT2D eigenvalue weighted by Gasteiger charge is -2.35. The minimum atomic E-state index is -1.28. The lowest BCUT2D eigenvalue weighted by molar-refractivity contribution is -0.158. The molecule has 0 bridgehead atoms. The van der Waals surface area contributed by atoms with Crippen molar-refractivity contribution >= 4 is 32.1 Å². The Labute approximate surface area is 177 Å². The van der Waals surface area contributed by atoms with Crippen molar-refractivity contribution in [2.24, 2.45) is 0 Å². The van der Waals surface area contributed by atoms with Gasteiger partial charge in [0.05, 0.1) is 18.2 Å². The van der Waals surface area contributed by atoms with Crippen LogP contribution < -0.4 is 4.74 Å². The molecule has 1 unspecified atom stereocenters. The molecule has 2 aliphatic rings. The van der Waals surface area contributed by atoms with Gasteiger partial charge in [-0.25, -0.2) is 0 Å². The number of likely N-dealkylation sites (tertiary alicyclic amines) is 1. The fraction of sp³-hybridized carbons (Fsp3) is 0.524. The van der Waals surface area contributed by atoms with Crippen LogP contribution in [0.25, 0.3) is 0 Å². The predicted molar refractivity (Wildman–Crippen MR) is 112 cm³/mol. The quantitative estimate of drug-likeness (QED) is 0.271. The van der Waals surface area contributed by atoms with Crippen molar-refractivity contribution in [3.05, 3.63) is 28.8 Å².